The fourth-order valence-electron chi connectivity index (χ4n) is 5.65. The number of rotatable bonds is 6. The molecule has 2 aliphatic rings. The van der Waals surface area contributed by atoms with E-state index in [1.54, 1.807) is 0 Å². The summed E-state index contributed by atoms with van der Waals surface area (Å²) in [6.07, 6.45) is 14.6. The van der Waals surface area contributed by atoms with E-state index in [9.17, 15) is 0 Å². The van der Waals surface area contributed by atoms with Gasteiger partial charge in [-0.25, -0.2) is 0 Å². The Morgan fingerprint density at radius 2 is 1.26 bits per heavy atom. The van der Waals surface area contributed by atoms with Crippen LogP contribution in [-0.4, -0.2) is 16.6 Å². The van der Waals surface area contributed by atoms with E-state index in [1.165, 1.54) is 94.4 Å². The van der Waals surface area contributed by atoms with Crippen molar-refractivity contribution in [3.8, 4) is 0 Å². The van der Waals surface area contributed by atoms with Crippen molar-refractivity contribution in [3.05, 3.63) is 0 Å². The van der Waals surface area contributed by atoms with Crippen LogP contribution in [0.2, 0.25) is 35.3 Å². The highest BCUT2D eigenvalue weighted by molar-refractivity contribution is 6.88. The highest BCUT2D eigenvalue weighted by Crippen LogP contribution is 2.54. The van der Waals surface area contributed by atoms with Crippen LogP contribution in [0.1, 0.15) is 91.9 Å². The highest BCUT2D eigenvalue weighted by atomic mass is 28.4. The normalized spacial score (nSPS) is 25.6. The molecule has 136 valence electrons. The molecule has 1 aliphatic carbocycles. The van der Waals surface area contributed by atoms with Gasteiger partial charge in [-0.15, -0.1) is 0 Å². The molecule has 1 aliphatic heterocycles. The van der Waals surface area contributed by atoms with Crippen molar-refractivity contribution in [2.45, 2.75) is 127 Å². The molecule has 1 saturated carbocycles. The molecule has 0 bridgehead atoms. The zero-order valence-electron chi connectivity index (χ0n) is 16.5. The van der Waals surface area contributed by atoms with E-state index in [-0.39, 0.29) is 0 Å². The minimum absolute atomic E-state index is 0.550. The first-order valence-electron chi connectivity index (χ1n) is 10.8. The van der Waals surface area contributed by atoms with Crippen LogP contribution in [0.5, 0.6) is 0 Å². The Kier molecular flexibility index (Phi) is 7.43. The summed E-state index contributed by atoms with van der Waals surface area (Å²) in [5, 5.41) is 0.550. The monoisotopic (exact) mass is 354 g/mol. The SMILES string of the molecule is CC[Si]1(O[Si](CC)(CC)C2(C)CCCCCC2)CCCCCC1. The largest absolute Gasteiger partial charge is 0.454 e. The van der Waals surface area contributed by atoms with E-state index in [4.69, 9.17) is 4.12 Å². The number of hydrogen-bond acceptors (Lipinski definition) is 1. The van der Waals surface area contributed by atoms with Crippen molar-refractivity contribution in [2.24, 2.45) is 0 Å². The summed E-state index contributed by atoms with van der Waals surface area (Å²) in [7, 11) is -3.11. The van der Waals surface area contributed by atoms with Gasteiger partial charge in [-0.1, -0.05) is 79.1 Å². The molecule has 1 heterocycles. The Morgan fingerprint density at radius 1 is 0.783 bits per heavy atom. The smallest absolute Gasteiger partial charge is 0.185 e. The Morgan fingerprint density at radius 3 is 1.70 bits per heavy atom. The van der Waals surface area contributed by atoms with E-state index in [2.05, 4.69) is 27.7 Å². The predicted molar refractivity (Wildman–Crippen MR) is 108 cm³/mol. The van der Waals surface area contributed by atoms with Gasteiger partial charge in [-0.2, -0.15) is 0 Å². The Hall–Kier alpha value is 0.394. The Labute approximate surface area is 148 Å². The summed E-state index contributed by atoms with van der Waals surface area (Å²) in [6, 6.07) is 7.02. The van der Waals surface area contributed by atoms with Gasteiger partial charge in [0.2, 0.25) is 0 Å². The third-order valence-electron chi connectivity index (χ3n) is 7.52. The Balaban J connectivity index is 2.27. The van der Waals surface area contributed by atoms with Crippen molar-refractivity contribution in [1.82, 2.24) is 0 Å². The quantitative estimate of drug-likeness (QED) is 0.351. The van der Waals surface area contributed by atoms with Gasteiger partial charge in [0.05, 0.1) is 0 Å². The molecule has 1 saturated heterocycles. The maximum absolute atomic E-state index is 7.57. The second-order valence-electron chi connectivity index (χ2n) is 8.73. The molecule has 0 spiro atoms. The average Bonchev–Trinajstić information content (AvgIpc) is 2.94. The molecule has 23 heavy (non-hydrogen) atoms. The molecule has 0 radical (unpaired) electrons. The van der Waals surface area contributed by atoms with Crippen LogP contribution in [0.15, 0.2) is 0 Å². The predicted octanol–water partition coefficient (Wildman–Crippen LogP) is 7.64. The summed E-state index contributed by atoms with van der Waals surface area (Å²) in [5.41, 5.74) is 0. The van der Waals surface area contributed by atoms with Crippen LogP contribution < -0.4 is 0 Å². The Bertz CT molecular complexity index is 336. The molecule has 2 rings (SSSR count). The van der Waals surface area contributed by atoms with Gasteiger partial charge in [-0.05, 0) is 48.1 Å². The van der Waals surface area contributed by atoms with Gasteiger partial charge in [0.25, 0.3) is 0 Å². The standard InChI is InChI=1S/C20H42OSi2/c1-5-22(18-14-10-11-15-19-22)21-23(6-2,7-3)20(4)16-12-8-9-13-17-20/h5-19H2,1-4H3. The molecule has 0 atom stereocenters. The second-order valence-corrected chi connectivity index (χ2v) is 18.2. The van der Waals surface area contributed by atoms with Crippen LogP contribution in [-0.2, 0) is 4.12 Å². The third kappa shape index (κ3) is 4.33. The van der Waals surface area contributed by atoms with Gasteiger partial charge in [0.1, 0.15) is 0 Å². The topological polar surface area (TPSA) is 9.23 Å². The molecular formula is C20H42OSi2. The molecular weight excluding hydrogens is 312 g/mol. The van der Waals surface area contributed by atoms with Crippen molar-refractivity contribution in [1.29, 1.82) is 0 Å². The lowest BCUT2D eigenvalue weighted by Gasteiger charge is -2.51. The van der Waals surface area contributed by atoms with E-state index < -0.39 is 16.6 Å². The summed E-state index contributed by atoms with van der Waals surface area (Å²) < 4.78 is 7.57. The average molecular weight is 355 g/mol. The molecule has 0 aromatic carbocycles. The minimum atomic E-state index is -1.64. The first kappa shape index (κ1) is 19.7. The second kappa shape index (κ2) is 8.66. The van der Waals surface area contributed by atoms with Crippen LogP contribution in [0, 0.1) is 0 Å². The van der Waals surface area contributed by atoms with Gasteiger partial charge < -0.3 is 4.12 Å². The first-order chi connectivity index (χ1) is 11.1. The fraction of sp³-hybridized carbons (Fsp3) is 1.00. The molecule has 3 heteroatoms. The lowest BCUT2D eigenvalue weighted by Crippen LogP contribution is -2.56. The maximum atomic E-state index is 7.57. The zero-order chi connectivity index (χ0) is 16.8. The van der Waals surface area contributed by atoms with Crippen molar-refractivity contribution in [3.63, 3.8) is 0 Å². The van der Waals surface area contributed by atoms with Crippen LogP contribution >= 0.6 is 0 Å². The van der Waals surface area contributed by atoms with E-state index in [1.807, 2.05) is 0 Å². The van der Waals surface area contributed by atoms with Crippen molar-refractivity contribution < 1.29 is 4.12 Å². The maximum Gasteiger partial charge on any atom is 0.185 e. The number of hydrogen-bond donors (Lipinski definition) is 0. The van der Waals surface area contributed by atoms with Gasteiger partial charge in [-0.3, -0.25) is 0 Å². The van der Waals surface area contributed by atoms with E-state index in [0.717, 1.165) is 0 Å². The van der Waals surface area contributed by atoms with Gasteiger partial charge in [0.15, 0.2) is 16.6 Å². The van der Waals surface area contributed by atoms with Crippen LogP contribution in [0.4, 0.5) is 0 Å². The molecule has 1 nitrogen and oxygen atoms in total. The zero-order valence-corrected chi connectivity index (χ0v) is 18.5. The highest BCUT2D eigenvalue weighted by Gasteiger charge is 2.53. The van der Waals surface area contributed by atoms with Gasteiger partial charge >= 0.3 is 0 Å². The molecule has 0 aromatic rings. The summed E-state index contributed by atoms with van der Waals surface area (Å²) >= 11 is 0. The van der Waals surface area contributed by atoms with Crippen LogP contribution in [0.3, 0.4) is 0 Å². The molecule has 0 aromatic heterocycles. The van der Waals surface area contributed by atoms with Crippen molar-refractivity contribution in [2.75, 3.05) is 0 Å². The third-order valence-corrected chi connectivity index (χ3v) is 19.6. The lowest BCUT2D eigenvalue weighted by molar-refractivity contribution is 0.395. The summed E-state index contributed by atoms with van der Waals surface area (Å²) in [4.78, 5) is 0. The van der Waals surface area contributed by atoms with E-state index >= 15 is 0 Å². The summed E-state index contributed by atoms with van der Waals surface area (Å²) in [5.74, 6) is 0. The minimum Gasteiger partial charge on any atom is -0.454 e. The van der Waals surface area contributed by atoms with Gasteiger partial charge in [0, 0.05) is 0 Å². The molecule has 0 unspecified atom stereocenters. The molecule has 0 N–H and O–H groups in total. The molecule has 2 fully saturated rings. The first-order valence-corrected chi connectivity index (χ1v) is 15.6. The van der Waals surface area contributed by atoms with Crippen LogP contribution in [0.25, 0.3) is 0 Å². The molecule has 0 amide bonds. The van der Waals surface area contributed by atoms with E-state index in [0.29, 0.717) is 5.04 Å². The fourth-order valence-corrected chi connectivity index (χ4v) is 18.7. The summed E-state index contributed by atoms with van der Waals surface area (Å²) in [6.45, 7) is 10.0. The lowest BCUT2D eigenvalue weighted by atomic mass is 10.0. The van der Waals surface area contributed by atoms with Crippen molar-refractivity contribution >= 4 is 16.6 Å².